The van der Waals surface area contributed by atoms with Crippen LogP contribution in [-0.2, 0) is 0 Å². The number of H-pyrrole nitrogens is 2. The first-order valence-electron chi connectivity index (χ1n) is 10.3. The van der Waals surface area contributed by atoms with Gasteiger partial charge in [-0.3, -0.25) is 9.59 Å². The second-order valence-electron chi connectivity index (χ2n) is 7.66. The molecule has 2 heterocycles. The van der Waals surface area contributed by atoms with Gasteiger partial charge in [0, 0.05) is 45.0 Å². The second kappa shape index (κ2) is 8.73. The first-order valence-corrected chi connectivity index (χ1v) is 11.0. The van der Waals surface area contributed by atoms with Crippen molar-refractivity contribution < 1.29 is 4.79 Å². The van der Waals surface area contributed by atoms with E-state index in [1.165, 1.54) is 0 Å². The molecule has 0 aliphatic rings. The van der Waals surface area contributed by atoms with Crippen LogP contribution in [-0.4, -0.2) is 27.6 Å². The van der Waals surface area contributed by atoms with Crippen molar-refractivity contribution in [2.75, 3.05) is 6.54 Å². The van der Waals surface area contributed by atoms with Gasteiger partial charge >= 0.3 is 0 Å². The summed E-state index contributed by atoms with van der Waals surface area (Å²) in [5.41, 5.74) is 2.64. The maximum atomic E-state index is 13.1. The molecule has 0 saturated heterocycles. The van der Waals surface area contributed by atoms with Gasteiger partial charge < -0.3 is 10.3 Å². The Kier molecular flexibility index (Phi) is 5.62. The Morgan fingerprint density at radius 1 is 0.939 bits per heavy atom. The van der Waals surface area contributed by atoms with E-state index in [1.54, 1.807) is 36.4 Å². The SMILES string of the molecule is O=C(NCC(c1ccc(Cl)cc1Cl)c1c[nH]c2ccccc12)c1n[nH]c(=O)c2ccccc12. The van der Waals surface area contributed by atoms with Crippen LogP contribution in [0.2, 0.25) is 10.0 Å². The standard InChI is InChI=1S/C25H18Cl2N4O2/c26-14-9-10-15(21(27)11-14)19(20-12-28-22-8-4-3-5-16(20)22)13-29-25(33)23-17-6-1-2-7-18(17)24(32)31-30-23/h1-12,19,28H,13H2,(H,29,33)(H,31,32). The molecule has 0 aliphatic heterocycles. The van der Waals surface area contributed by atoms with Gasteiger partial charge in [0.2, 0.25) is 0 Å². The lowest BCUT2D eigenvalue weighted by Crippen LogP contribution is -2.31. The van der Waals surface area contributed by atoms with Crippen molar-refractivity contribution in [3.05, 3.63) is 110 Å². The fraction of sp³-hybridized carbons (Fsp3) is 0.0800. The van der Waals surface area contributed by atoms with Gasteiger partial charge in [-0.15, -0.1) is 0 Å². The predicted molar refractivity (Wildman–Crippen MR) is 131 cm³/mol. The van der Waals surface area contributed by atoms with Crippen molar-refractivity contribution in [1.29, 1.82) is 0 Å². The van der Waals surface area contributed by atoms with Crippen molar-refractivity contribution in [1.82, 2.24) is 20.5 Å². The van der Waals surface area contributed by atoms with E-state index in [1.807, 2.05) is 36.5 Å². The van der Waals surface area contributed by atoms with Gasteiger partial charge in [-0.25, -0.2) is 5.10 Å². The third-order valence-corrected chi connectivity index (χ3v) is 6.27. The number of halogens is 2. The molecule has 5 rings (SSSR count). The van der Waals surface area contributed by atoms with Gasteiger partial charge in [0.25, 0.3) is 11.5 Å². The van der Waals surface area contributed by atoms with E-state index >= 15 is 0 Å². The summed E-state index contributed by atoms with van der Waals surface area (Å²) in [6.07, 6.45) is 1.93. The summed E-state index contributed by atoms with van der Waals surface area (Å²) in [4.78, 5) is 28.5. The minimum absolute atomic E-state index is 0.157. The van der Waals surface area contributed by atoms with E-state index in [9.17, 15) is 9.59 Å². The van der Waals surface area contributed by atoms with Crippen LogP contribution < -0.4 is 10.9 Å². The number of amides is 1. The number of hydrogen-bond acceptors (Lipinski definition) is 3. The number of rotatable bonds is 5. The van der Waals surface area contributed by atoms with E-state index in [2.05, 4.69) is 20.5 Å². The van der Waals surface area contributed by atoms with Gasteiger partial charge in [-0.05, 0) is 35.4 Å². The van der Waals surface area contributed by atoms with Crippen LogP contribution in [0.3, 0.4) is 0 Å². The number of carbonyl (C=O) groups is 1. The predicted octanol–water partition coefficient (Wildman–Crippen LogP) is 5.27. The summed E-state index contributed by atoms with van der Waals surface area (Å²) in [6.45, 7) is 0.261. The van der Waals surface area contributed by atoms with E-state index in [0.29, 0.717) is 20.8 Å². The molecule has 3 N–H and O–H groups in total. The number of hydrogen-bond donors (Lipinski definition) is 3. The summed E-state index contributed by atoms with van der Waals surface area (Å²) in [5.74, 6) is -0.638. The van der Waals surface area contributed by atoms with E-state index in [-0.39, 0.29) is 23.7 Å². The Hall–Kier alpha value is -3.61. The number of aromatic amines is 2. The highest BCUT2D eigenvalue weighted by atomic mass is 35.5. The minimum Gasteiger partial charge on any atom is -0.361 e. The summed E-state index contributed by atoms with van der Waals surface area (Å²) in [7, 11) is 0. The molecule has 0 saturated carbocycles. The Bertz CT molecular complexity index is 1560. The van der Waals surface area contributed by atoms with E-state index in [0.717, 1.165) is 22.0 Å². The van der Waals surface area contributed by atoms with Crippen LogP contribution in [0.4, 0.5) is 0 Å². The number of nitrogens with one attached hydrogen (secondary N) is 3. The first-order chi connectivity index (χ1) is 16.0. The lowest BCUT2D eigenvalue weighted by atomic mass is 9.90. The van der Waals surface area contributed by atoms with Crippen LogP contribution in [0.1, 0.15) is 27.5 Å². The monoisotopic (exact) mass is 476 g/mol. The quantitative estimate of drug-likeness (QED) is 0.322. The number of fused-ring (bicyclic) bond motifs is 2. The zero-order chi connectivity index (χ0) is 22.9. The number of aromatic nitrogens is 3. The Morgan fingerprint density at radius 2 is 1.67 bits per heavy atom. The molecule has 0 radical (unpaired) electrons. The zero-order valence-electron chi connectivity index (χ0n) is 17.2. The van der Waals surface area contributed by atoms with Crippen LogP contribution in [0.15, 0.2) is 77.7 Å². The third-order valence-electron chi connectivity index (χ3n) is 5.71. The van der Waals surface area contributed by atoms with Crippen molar-refractivity contribution in [2.24, 2.45) is 0 Å². The number of benzene rings is 3. The molecule has 33 heavy (non-hydrogen) atoms. The summed E-state index contributed by atoms with van der Waals surface area (Å²) in [6, 6.07) is 20.2. The smallest absolute Gasteiger partial charge is 0.272 e. The van der Waals surface area contributed by atoms with Crippen molar-refractivity contribution in [3.63, 3.8) is 0 Å². The molecular weight excluding hydrogens is 459 g/mol. The fourth-order valence-electron chi connectivity index (χ4n) is 4.12. The minimum atomic E-state index is -0.391. The van der Waals surface area contributed by atoms with Gasteiger partial charge in [-0.1, -0.05) is 65.7 Å². The highest BCUT2D eigenvalue weighted by Gasteiger charge is 2.23. The van der Waals surface area contributed by atoms with Gasteiger partial charge in [0.1, 0.15) is 0 Å². The topological polar surface area (TPSA) is 90.6 Å². The van der Waals surface area contributed by atoms with Gasteiger partial charge in [0.05, 0.1) is 5.39 Å². The molecule has 164 valence electrons. The number of carbonyl (C=O) groups excluding carboxylic acids is 1. The van der Waals surface area contributed by atoms with Crippen LogP contribution in [0.5, 0.6) is 0 Å². The molecule has 8 heteroatoms. The highest BCUT2D eigenvalue weighted by molar-refractivity contribution is 6.35. The molecule has 1 atom stereocenters. The lowest BCUT2D eigenvalue weighted by molar-refractivity contribution is 0.0948. The average Bonchev–Trinajstić information content (AvgIpc) is 3.25. The highest BCUT2D eigenvalue weighted by Crippen LogP contribution is 2.35. The normalized spacial score (nSPS) is 12.2. The molecule has 2 aromatic heterocycles. The van der Waals surface area contributed by atoms with E-state index < -0.39 is 5.91 Å². The molecule has 1 unspecified atom stereocenters. The van der Waals surface area contributed by atoms with Crippen molar-refractivity contribution in [3.8, 4) is 0 Å². The maximum Gasteiger partial charge on any atom is 0.272 e. The third kappa shape index (κ3) is 3.99. The maximum absolute atomic E-state index is 13.1. The first kappa shape index (κ1) is 21.2. The number of para-hydroxylation sites is 1. The van der Waals surface area contributed by atoms with Gasteiger partial charge in [-0.2, -0.15) is 5.10 Å². The molecule has 5 aromatic rings. The van der Waals surface area contributed by atoms with Crippen molar-refractivity contribution >= 4 is 50.8 Å². The van der Waals surface area contributed by atoms with Gasteiger partial charge in [0.15, 0.2) is 5.69 Å². The molecule has 6 nitrogen and oxygen atoms in total. The molecule has 0 fully saturated rings. The van der Waals surface area contributed by atoms with Crippen molar-refractivity contribution in [2.45, 2.75) is 5.92 Å². The van der Waals surface area contributed by atoms with Crippen LogP contribution in [0, 0.1) is 0 Å². The Morgan fingerprint density at radius 3 is 2.45 bits per heavy atom. The summed E-state index contributed by atoms with van der Waals surface area (Å²) < 4.78 is 0. The molecule has 3 aromatic carbocycles. The molecular formula is C25H18Cl2N4O2. The van der Waals surface area contributed by atoms with E-state index in [4.69, 9.17) is 23.2 Å². The number of nitrogens with zero attached hydrogens (tertiary/aromatic N) is 1. The molecule has 0 aliphatic carbocycles. The van der Waals surface area contributed by atoms with Crippen LogP contribution in [0.25, 0.3) is 21.7 Å². The molecule has 0 spiro atoms. The molecule has 0 bridgehead atoms. The van der Waals surface area contributed by atoms with Crippen LogP contribution >= 0.6 is 23.2 Å². The average molecular weight is 477 g/mol. The second-order valence-corrected chi connectivity index (χ2v) is 8.51. The zero-order valence-corrected chi connectivity index (χ0v) is 18.7. The Balaban J connectivity index is 1.53. The largest absolute Gasteiger partial charge is 0.361 e. The Labute approximate surface area is 198 Å². The lowest BCUT2D eigenvalue weighted by Gasteiger charge is -2.20. The molecule has 1 amide bonds. The fourth-order valence-corrected chi connectivity index (χ4v) is 4.66. The summed E-state index contributed by atoms with van der Waals surface area (Å²) in [5, 5.41) is 12.4. The summed E-state index contributed by atoms with van der Waals surface area (Å²) >= 11 is 12.7.